The van der Waals surface area contributed by atoms with Crippen molar-refractivity contribution in [3.63, 3.8) is 0 Å². The lowest BCUT2D eigenvalue weighted by Crippen LogP contribution is -2.63. The number of guanidine groups is 1. The van der Waals surface area contributed by atoms with Crippen molar-refractivity contribution in [1.82, 2.24) is 4.90 Å². The third-order valence-corrected chi connectivity index (χ3v) is 3.33. The van der Waals surface area contributed by atoms with E-state index in [1.807, 2.05) is 0 Å². The lowest BCUT2D eigenvalue weighted by Gasteiger charge is -2.26. The number of carbonyl (C=O) groups is 1. The molecule has 0 spiro atoms. The summed E-state index contributed by atoms with van der Waals surface area (Å²) < 4.78 is 16.1. The third kappa shape index (κ3) is 5.13. The molecule has 5 N–H and O–H groups in total. The first kappa shape index (κ1) is 17.5. The van der Waals surface area contributed by atoms with E-state index < -0.39 is 0 Å². The second-order valence-electron chi connectivity index (χ2n) is 5.00. The van der Waals surface area contributed by atoms with Gasteiger partial charge in [-0.2, -0.15) is 0 Å². The second-order valence-corrected chi connectivity index (χ2v) is 5.00. The van der Waals surface area contributed by atoms with E-state index >= 15 is 0 Å². The fraction of sp³-hybridized carbons (Fsp3) is 0.400. The summed E-state index contributed by atoms with van der Waals surface area (Å²) in [7, 11) is 1.53. The predicted octanol–water partition coefficient (Wildman–Crippen LogP) is -2.38. The maximum Gasteiger partial charge on any atom is 0.260 e. The van der Waals surface area contributed by atoms with Crippen molar-refractivity contribution in [3.8, 4) is 11.5 Å². The van der Waals surface area contributed by atoms with Crippen LogP contribution in [0, 0.1) is 0 Å². The summed E-state index contributed by atoms with van der Waals surface area (Å²) in [5, 5.41) is 6.25. The zero-order valence-corrected chi connectivity index (χ0v) is 13.5. The molecule has 1 fully saturated rings. The fourth-order valence-corrected chi connectivity index (χ4v) is 2.12. The number of hydrogen-bond acceptors (Lipinski definition) is 5. The van der Waals surface area contributed by atoms with Crippen molar-refractivity contribution in [2.45, 2.75) is 0 Å². The quantitative estimate of drug-likeness (QED) is 0.303. The molecule has 0 unspecified atom stereocenters. The standard InChI is InChI=1S/C15H21N5O4/c1-22-13-8-11(9-18-19-15(16)17)2-3-12(13)24-10-14(21)20-4-6-23-7-5-20/h2-3,8-9H,4-7,10H2,1H3,(H4,16,17,19)/p+1/b18-9-. The number of hydrazone groups is 1. The van der Waals surface area contributed by atoms with E-state index in [-0.39, 0.29) is 18.5 Å². The van der Waals surface area contributed by atoms with Crippen LogP contribution in [0.15, 0.2) is 23.3 Å². The van der Waals surface area contributed by atoms with Crippen molar-refractivity contribution in [3.05, 3.63) is 23.8 Å². The number of amides is 1. The number of nitrogens with two attached hydrogens (primary N) is 2. The van der Waals surface area contributed by atoms with Crippen LogP contribution in [0.25, 0.3) is 0 Å². The Balaban J connectivity index is 1.98. The number of rotatable bonds is 6. The van der Waals surface area contributed by atoms with Crippen molar-refractivity contribution in [2.24, 2.45) is 16.6 Å². The molecule has 0 bridgehead atoms. The smallest absolute Gasteiger partial charge is 0.260 e. The molecule has 2 rings (SSSR count). The minimum Gasteiger partial charge on any atom is -0.493 e. The topological polar surface area (TPSA) is 126 Å². The molecule has 1 saturated heterocycles. The van der Waals surface area contributed by atoms with Crippen LogP contribution in [0.5, 0.6) is 11.5 Å². The van der Waals surface area contributed by atoms with E-state index in [0.717, 1.165) is 5.56 Å². The molecular formula is C15H22N5O4+. The number of nitrogens with one attached hydrogen (secondary N) is 1. The Morgan fingerprint density at radius 1 is 1.38 bits per heavy atom. The lowest BCUT2D eigenvalue weighted by atomic mass is 10.2. The van der Waals surface area contributed by atoms with Crippen molar-refractivity contribution in [1.29, 1.82) is 0 Å². The maximum atomic E-state index is 12.1. The highest BCUT2D eigenvalue weighted by Crippen LogP contribution is 2.27. The van der Waals surface area contributed by atoms with Crippen LogP contribution in [-0.4, -0.2) is 63.0 Å². The van der Waals surface area contributed by atoms with E-state index in [1.54, 1.807) is 29.3 Å². The highest BCUT2D eigenvalue weighted by Gasteiger charge is 2.18. The van der Waals surface area contributed by atoms with Crippen LogP contribution in [0.3, 0.4) is 0 Å². The molecule has 1 heterocycles. The molecular weight excluding hydrogens is 314 g/mol. The first-order chi connectivity index (χ1) is 11.6. The number of hydrogen-bond donors (Lipinski definition) is 3. The highest BCUT2D eigenvalue weighted by molar-refractivity contribution is 5.79. The Morgan fingerprint density at radius 3 is 2.79 bits per heavy atom. The predicted molar refractivity (Wildman–Crippen MR) is 87.8 cm³/mol. The maximum absolute atomic E-state index is 12.1. The van der Waals surface area contributed by atoms with Gasteiger partial charge in [-0.3, -0.25) is 4.79 Å². The van der Waals surface area contributed by atoms with E-state index in [2.05, 4.69) is 10.2 Å². The number of morpholine rings is 1. The Morgan fingerprint density at radius 2 is 2.12 bits per heavy atom. The van der Waals surface area contributed by atoms with Gasteiger partial charge in [-0.05, 0) is 18.2 Å². The van der Waals surface area contributed by atoms with Crippen molar-refractivity contribution in [2.75, 3.05) is 40.0 Å². The van der Waals surface area contributed by atoms with Crippen LogP contribution in [0.4, 0.5) is 0 Å². The first-order valence-corrected chi connectivity index (χ1v) is 7.44. The van der Waals surface area contributed by atoms with Gasteiger partial charge in [0.25, 0.3) is 11.9 Å². The van der Waals surface area contributed by atoms with Gasteiger partial charge in [-0.15, -0.1) is 5.10 Å². The van der Waals surface area contributed by atoms with Gasteiger partial charge in [-0.1, -0.05) is 0 Å². The van der Waals surface area contributed by atoms with Gasteiger partial charge in [0.15, 0.2) is 18.1 Å². The second kappa shape index (κ2) is 8.73. The Kier molecular flexibility index (Phi) is 6.38. The molecule has 24 heavy (non-hydrogen) atoms. The highest BCUT2D eigenvalue weighted by atomic mass is 16.5. The summed E-state index contributed by atoms with van der Waals surface area (Å²) in [6.07, 6.45) is 1.60. The molecule has 1 aliphatic heterocycles. The molecule has 0 atom stereocenters. The minimum atomic E-state index is -0.0783. The average Bonchev–Trinajstić information content (AvgIpc) is 2.60. The van der Waals surface area contributed by atoms with Crippen LogP contribution < -0.4 is 26.0 Å². The molecule has 0 aromatic heterocycles. The molecule has 130 valence electrons. The van der Waals surface area contributed by atoms with Crippen LogP contribution in [0.2, 0.25) is 0 Å². The molecule has 1 amide bonds. The SMILES string of the molecule is COc1cc(/C=[NH+]\N=C(N)N)ccc1OCC(=O)N1CCOCC1. The average molecular weight is 336 g/mol. The van der Waals surface area contributed by atoms with Gasteiger partial charge in [0.1, 0.15) is 0 Å². The van der Waals surface area contributed by atoms with E-state index in [9.17, 15) is 4.79 Å². The van der Waals surface area contributed by atoms with E-state index in [4.69, 9.17) is 25.7 Å². The number of benzene rings is 1. The monoisotopic (exact) mass is 336 g/mol. The summed E-state index contributed by atoms with van der Waals surface area (Å²) in [6, 6.07) is 5.24. The normalized spacial score (nSPS) is 14.5. The van der Waals surface area contributed by atoms with Gasteiger partial charge >= 0.3 is 0 Å². The molecule has 0 saturated carbocycles. The van der Waals surface area contributed by atoms with Crippen molar-refractivity contribution >= 4 is 18.1 Å². The van der Waals surface area contributed by atoms with Gasteiger partial charge in [0, 0.05) is 23.8 Å². The van der Waals surface area contributed by atoms with Gasteiger partial charge < -0.3 is 30.6 Å². The van der Waals surface area contributed by atoms with E-state index in [1.165, 1.54) is 7.11 Å². The summed E-state index contributed by atoms with van der Waals surface area (Å²) >= 11 is 0. The van der Waals surface area contributed by atoms with Crippen molar-refractivity contribution < 1.29 is 24.1 Å². The summed E-state index contributed by atoms with van der Waals surface area (Å²) in [6.45, 7) is 2.24. The third-order valence-electron chi connectivity index (χ3n) is 3.33. The zero-order valence-electron chi connectivity index (χ0n) is 13.5. The minimum absolute atomic E-state index is 0.0499. The van der Waals surface area contributed by atoms with Crippen LogP contribution in [0.1, 0.15) is 5.56 Å². The van der Waals surface area contributed by atoms with Crippen LogP contribution in [-0.2, 0) is 9.53 Å². The summed E-state index contributed by atoms with van der Waals surface area (Å²) in [5.41, 5.74) is 11.2. The lowest BCUT2D eigenvalue weighted by molar-refractivity contribution is -0.456. The molecule has 0 radical (unpaired) electrons. The van der Waals surface area contributed by atoms with Crippen LogP contribution >= 0.6 is 0 Å². The number of nitrogens with zero attached hydrogens (tertiary/aromatic N) is 2. The van der Waals surface area contributed by atoms with Gasteiger partial charge in [0.2, 0.25) is 6.21 Å². The molecule has 1 aliphatic rings. The molecule has 9 heteroatoms. The Bertz CT molecular complexity index is 622. The molecule has 1 aromatic carbocycles. The number of carbonyl (C=O) groups excluding carboxylic acids is 1. The van der Waals surface area contributed by atoms with E-state index in [0.29, 0.717) is 37.8 Å². The largest absolute Gasteiger partial charge is 0.493 e. The summed E-state index contributed by atoms with van der Waals surface area (Å²) in [4.78, 5) is 13.8. The van der Waals surface area contributed by atoms with Gasteiger partial charge in [-0.25, -0.2) is 0 Å². The molecule has 1 aromatic rings. The summed E-state index contributed by atoms with van der Waals surface area (Å²) in [5.74, 6) is 0.841. The molecule has 9 nitrogen and oxygen atoms in total. The molecule has 0 aliphatic carbocycles. The van der Waals surface area contributed by atoms with Gasteiger partial charge in [0.05, 0.1) is 20.3 Å². The Hall–Kier alpha value is -2.81. The zero-order chi connectivity index (χ0) is 17.4. The number of ether oxygens (including phenoxy) is 3. The fourth-order valence-electron chi connectivity index (χ4n) is 2.12. The first-order valence-electron chi connectivity index (χ1n) is 7.44. The Labute approximate surface area is 139 Å². The number of methoxy groups -OCH3 is 1.